The minimum atomic E-state index is -3.42. The van der Waals surface area contributed by atoms with E-state index in [-0.39, 0.29) is 5.75 Å². The molecule has 0 unspecified atom stereocenters. The van der Waals surface area contributed by atoms with Gasteiger partial charge in [0.1, 0.15) is 0 Å². The number of aryl methyl sites for hydroxylation is 2. The molecule has 0 atom stereocenters. The fourth-order valence-electron chi connectivity index (χ4n) is 1.03. The van der Waals surface area contributed by atoms with E-state index < -0.39 is 9.05 Å². The average molecular weight is 253 g/mol. The Morgan fingerprint density at radius 1 is 1.36 bits per heavy atom. The van der Waals surface area contributed by atoms with Crippen molar-refractivity contribution < 1.29 is 8.42 Å². The van der Waals surface area contributed by atoms with Crippen LogP contribution in [0, 0.1) is 6.92 Å². The Balaban J connectivity index is 2.74. The van der Waals surface area contributed by atoms with Crippen LogP contribution >= 0.6 is 22.3 Å². The maximum atomic E-state index is 10.7. The fourth-order valence-corrected chi connectivity index (χ4v) is 1.95. The summed E-state index contributed by atoms with van der Waals surface area (Å²) in [6, 6.07) is 5.47. The minimum Gasteiger partial charge on any atom is -0.212 e. The Labute approximate surface area is 93.3 Å². The van der Waals surface area contributed by atoms with Crippen molar-refractivity contribution in [2.75, 3.05) is 5.75 Å². The van der Waals surface area contributed by atoms with Crippen molar-refractivity contribution in [2.24, 2.45) is 0 Å². The van der Waals surface area contributed by atoms with Gasteiger partial charge in [-0.25, -0.2) is 8.42 Å². The summed E-state index contributed by atoms with van der Waals surface area (Å²) >= 11 is 5.88. The normalized spacial score (nSPS) is 11.6. The summed E-state index contributed by atoms with van der Waals surface area (Å²) in [5.74, 6) is -0.0616. The third kappa shape index (κ3) is 3.86. The van der Waals surface area contributed by atoms with Crippen LogP contribution in [-0.4, -0.2) is 14.2 Å². The first kappa shape index (κ1) is 11.8. The molecule has 0 N–H and O–H groups in total. The molecule has 0 amide bonds. The quantitative estimate of drug-likeness (QED) is 0.776. The Hall–Kier alpha value is -0.250. The molecule has 0 aromatic heterocycles. The van der Waals surface area contributed by atoms with E-state index in [1.165, 1.54) is 0 Å². The summed E-state index contributed by atoms with van der Waals surface area (Å²) in [6.45, 7) is 1.89. The van der Waals surface area contributed by atoms with Crippen LogP contribution in [0.3, 0.4) is 0 Å². The molecule has 0 saturated heterocycles. The van der Waals surface area contributed by atoms with Crippen molar-refractivity contribution in [3.63, 3.8) is 0 Å². The molecule has 14 heavy (non-hydrogen) atoms. The molecule has 2 nitrogen and oxygen atoms in total. The predicted molar refractivity (Wildman–Crippen MR) is 59.5 cm³/mol. The second-order valence-electron chi connectivity index (χ2n) is 3.08. The number of halogens is 2. The summed E-state index contributed by atoms with van der Waals surface area (Å²) in [5.41, 5.74) is 1.86. The number of rotatable bonds is 3. The molecule has 0 saturated carbocycles. The van der Waals surface area contributed by atoms with Crippen LogP contribution in [0.1, 0.15) is 11.1 Å². The van der Waals surface area contributed by atoms with Crippen molar-refractivity contribution in [3.05, 3.63) is 34.3 Å². The molecule has 0 radical (unpaired) electrons. The summed E-state index contributed by atoms with van der Waals surface area (Å²) in [6.07, 6.45) is 0.395. The predicted octanol–water partition coefficient (Wildman–Crippen LogP) is 2.76. The van der Waals surface area contributed by atoms with Gasteiger partial charge in [0.2, 0.25) is 9.05 Å². The molecule has 0 heterocycles. The molecule has 0 fully saturated rings. The molecule has 0 aliphatic rings. The smallest absolute Gasteiger partial charge is 0.212 e. The second kappa shape index (κ2) is 4.51. The van der Waals surface area contributed by atoms with Crippen LogP contribution in [0.25, 0.3) is 0 Å². The molecule has 0 aliphatic heterocycles. The van der Waals surface area contributed by atoms with Crippen LogP contribution in [0.5, 0.6) is 0 Å². The highest BCUT2D eigenvalue weighted by molar-refractivity contribution is 8.13. The third-order valence-electron chi connectivity index (χ3n) is 1.87. The largest absolute Gasteiger partial charge is 0.232 e. The van der Waals surface area contributed by atoms with Crippen LogP contribution < -0.4 is 0 Å². The maximum Gasteiger partial charge on any atom is 0.232 e. The first-order valence-corrected chi connectivity index (χ1v) is 6.91. The van der Waals surface area contributed by atoms with Gasteiger partial charge in [-0.2, -0.15) is 0 Å². The molecule has 1 aromatic rings. The molecular formula is C9H10Cl2O2S. The van der Waals surface area contributed by atoms with Crippen LogP contribution in [0.15, 0.2) is 18.2 Å². The summed E-state index contributed by atoms with van der Waals surface area (Å²) in [5, 5.41) is 0.648. The molecule has 0 aliphatic carbocycles. The number of hydrogen-bond donors (Lipinski definition) is 0. The van der Waals surface area contributed by atoms with E-state index in [2.05, 4.69) is 0 Å². The maximum absolute atomic E-state index is 10.7. The van der Waals surface area contributed by atoms with Gasteiger partial charge in [0.15, 0.2) is 0 Å². The van der Waals surface area contributed by atoms with Gasteiger partial charge in [0.25, 0.3) is 0 Å². The van der Waals surface area contributed by atoms with E-state index in [9.17, 15) is 8.42 Å². The Morgan fingerprint density at radius 3 is 2.50 bits per heavy atom. The lowest BCUT2D eigenvalue weighted by Gasteiger charge is -2.02. The fraction of sp³-hybridized carbons (Fsp3) is 0.333. The Kier molecular flexibility index (Phi) is 3.81. The Bertz CT molecular complexity index is 426. The molecule has 1 aromatic carbocycles. The van der Waals surface area contributed by atoms with Gasteiger partial charge in [-0.3, -0.25) is 0 Å². The first-order valence-electron chi connectivity index (χ1n) is 4.06. The minimum absolute atomic E-state index is 0.0616. The zero-order valence-corrected chi connectivity index (χ0v) is 9.96. The van der Waals surface area contributed by atoms with Gasteiger partial charge >= 0.3 is 0 Å². The van der Waals surface area contributed by atoms with E-state index in [1.807, 2.05) is 19.1 Å². The summed E-state index contributed by atoms with van der Waals surface area (Å²) in [7, 11) is 1.68. The lowest BCUT2D eigenvalue weighted by atomic mass is 10.1. The SMILES string of the molecule is Cc1ccc(CCS(=O)(=O)Cl)cc1Cl. The van der Waals surface area contributed by atoms with Crippen LogP contribution in [0.2, 0.25) is 5.02 Å². The van der Waals surface area contributed by atoms with E-state index >= 15 is 0 Å². The molecular weight excluding hydrogens is 243 g/mol. The van der Waals surface area contributed by atoms with Crippen molar-refractivity contribution >= 4 is 31.3 Å². The zero-order valence-electron chi connectivity index (χ0n) is 7.63. The highest BCUT2D eigenvalue weighted by atomic mass is 35.7. The lowest BCUT2D eigenvalue weighted by Crippen LogP contribution is -2.01. The molecule has 0 bridgehead atoms. The number of benzene rings is 1. The average Bonchev–Trinajstić information content (AvgIpc) is 2.06. The third-order valence-corrected chi connectivity index (χ3v) is 3.43. The van der Waals surface area contributed by atoms with Crippen LogP contribution in [-0.2, 0) is 15.5 Å². The van der Waals surface area contributed by atoms with Crippen molar-refractivity contribution in [1.29, 1.82) is 0 Å². The molecule has 1 rings (SSSR count). The highest BCUT2D eigenvalue weighted by Crippen LogP contribution is 2.17. The second-order valence-corrected chi connectivity index (χ2v) is 6.38. The molecule has 5 heteroatoms. The monoisotopic (exact) mass is 252 g/mol. The summed E-state index contributed by atoms with van der Waals surface area (Å²) in [4.78, 5) is 0. The highest BCUT2D eigenvalue weighted by Gasteiger charge is 2.06. The van der Waals surface area contributed by atoms with E-state index in [4.69, 9.17) is 22.3 Å². The van der Waals surface area contributed by atoms with Crippen molar-refractivity contribution in [1.82, 2.24) is 0 Å². The van der Waals surface area contributed by atoms with Gasteiger partial charge in [-0.15, -0.1) is 0 Å². The van der Waals surface area contributed by atoms with Crippen LogP contribution in [0.4, 0.5) is 0 Å². The molecule has 0 spiro atoms. The topological polar surface area (TPSA) is 34.1 Å². The van der Waals surface area contributed by atoms with E-state index in [1.54, 1.807) is 6.07 Å². The van der Waals surface area contributed by atoms with E-state index in [0.717, 1.165) is 11.1 Å². The van der Waals surface area contributed by atoms with Crippen molar-refractivity contribution in [2.45, 2.75) is 13.3 Å². The van der Waals surface area contributed by atoms with Gasteiger partial charge < -0.3 is 0 Å². The first-order chi connectivity index (χ1) is 6.38. The number of hydrogen-bond acceptors (Lipinski definition) is 2. The summed E-state index contributed by atoms with van der Waals surface area (Å²) < 4.78 is 21.4. The van der Waals surface area contributed by atoms with Gasteiger partial charge in [0.05, 0.1) is 5.75 Å². The van der Waals surface area contributed by atoms with Crippen molar-refractivity contribution in [3.8, 4) is 0 Å². The van der Waals surface area contributed by atoms with Gasteiger partial charge in [-0.05, 0) is 30.5 Å². The lowest BCUT2D eigenvalue weighted by molar-refractivity contribution is 0.609. The van der Waals surface area contributed by atoms with Gasteiger partial charge in [-0.1, -0.05) is 23.7 Å². The van der Waals surface area contributed by atoms with Gasteiger partial charge in [0, 0.05) is 15.7 Å². The standard InChI is InChI=1S/C9H10Cl2O2S/c1-7-2-3-8(6-9(7)10)4-5-14(11,12)13/h2-3,6H,4-5H2,1H3. The zero-order chi connectivity index (χ0) is 10.8. The van der Waals surface area contributed by atoms with E-state index in [0.29, 0.717) is 11.4 Å². The Morgan fingerprint density at radius 2 is 2.00 bits per heavy atom. The molecule has 78 valence electrons.